The van der Waals surface area contributed by atoms with E-state index >= 15 is 0 Å². The summed E-state index contributed by atoms with van der Waals surface area (Å²) < 4.78 is 5.63. The van der Waals surface area contributed by atoms with Crippen molar-refractivity contribution in [3.05, 3.63) is 65.7 Å². The van der Waals surface area contributed by atoms with Crippen molar-refractivity contribution in [3.8, 4) is 5.75 Å². The number of hydrogen-bond donors (Lipinski definition) is 2. The van der Waals surface area contributed by atoms with Gasteiger partial charge >= 0.3 is 0 Å². The predicted molar refractivity (Wildman–Crippen MR) is 98.2 cm³/mol. The molecule has 2 atom stereocenters. The standard InChI is InChI=1S/C20H28N2O2/c1-16(21-14-20(23)18-7-5-4-6-8-18)13-17-9-11-19(12-10-17)24-15-22(2)3/h4-12,16,20-21,23H,13-15H2,1-3H3/t16-,20+/m1/s1. The second-order valence-electron chi connectivity index (χ2n) is 6.44. The third-order valence-corrected chi connectivity index (χ3v) is 3.80. The van der Waals surface area contributed by atoms with E-state index in [-0.39, 0.29) is 6.04 Å². The minimum Gasteiger partial charge on any atom is -0.478 e. The second kappa shape index (κ2) is 9.42. The Morgan fingerprint density at radius 3 is 2.33 bits per heavy atom. The summed E-state index contributed by atoms with van der Waals surface area (Å²) >= 11 is 0. The number of nitrogens with zero attached hydrogens (tertiary/aromatic N) is 1. The number of aliphatic hydroxyl groups excluding tert-OH is 1. The monoisotopic (exact) mass is 328 g/mol. The van der Waals surface area contributed by atoms with Gasteiger partial charge in [-0.1, -0.05) is 42.5 Å². The first-order valence-corrected chi connectivity index (χ1v) is 8.37. The molecule has 0 saturated heterocycles. The number of ether oxygens (including phenoxy) is 1. The van der Waals surface area contributed by atoms with Crippen LogP contribution in [0.4, 0.5) is 0 Å². The van der Waals surface area contributed by atoms with Crippen LogP contribution in [0.1, 0.15) is 24.2 Å². The zero-order chi connectivity index (χ0) is 17.4. The van der Waals surface area contributed by atoms with Gasteiger partial charge in [0.25, 0.3) is 0 Å². The number of benzene rings is 2. The van der Waals surface area contributed by atoms with Crippen LogP contribution in [0.3, 0.4) is 0 Å². The number of aliphatic hydroxyl groups is 1. The normalized spacial score (nSPS) is 13.7. The molecule has 2 aromatic rings. The second-order valence-corrected chi connectivity index (χ2v) is 6.44. The van der Waals surface area contributed by atoms with Gasteiger partial charge in [0.15, 0.2) is 0 Å². The molecule has 4 heteroatoms. The molecule has 0 aliphatic heterocycles. The van der Waals surface area contributed by atoms with E-state index in [4.69, 9.17) is 4.74 Å². The van der Waals surface area contributed by atoms with Crippen LogP contribution < -0.4 is 10.1 Å². The van der Waals surface area contributed by atoms with Crippen molar-refractivity contribution in [1.29, 1.82) is 0 Å². The van der Waals surface area contributed by atoms with Crippen molar-refractivity contribution in [2.75, 3.05) is 27.4 Å². The maximum absolute atomic E-state index is 10.2. The average Bonchev–Trinajstić information content (AvgIpc) is 2.60. The molecule has 0 fully saturated rings. The Kier molecular flexibility index (Phi) is 7.25. The molecule has 2 N–H and O–H groups in total. The van der Waals surface area contributed by atoms with Crippen LogP contribution >= 0.6 is 0 Å². The van der Waals surface area contributed by atoms with Crippen molar-refractivity contribution >= 4 is 0 Å². The van der Waals surface area contributed by atoms with Crippen molar-refractivity contribution in [2.45, 2.75) is 25.5 Å². The minimum atomic E-state index is -0.476. The van der Waals surface area contributed by atoms with E-state index in [1.54, 1.807) is 0 Å². The Labute approximate surface area is 145 Å². The summed E-state index contributed by atoms with van der Waals surface area (Å²) in [7, 11) is 3.96. The Morgan fingerprint density at radius 2 is 1.71 bits per heavy atom. The van der Waals surface area contributed by atoms with Gasteiger partial charge in [-0.15, -0.1) is 0 Å². The third-order valence-electron chi connectivity index (χ3n) is 3.80. The first-order chi connectivity index (χ1) is 11.5. The van der Waals surface area contributed by atoms with Crippen molar-refractivity contribution < 1.29 is 9.84 Å². The quantitative estimate of drug-likeness (QED) is 0.695. The maximum atomic E-state index is 10.2. The van der Waals surface area contributed by atoms with Crippen molar-refractivity contribution in [2.24, 2.45) is 0 Å². The Hall–Kier alpha value is -1.88. The lowest BCUT2D eigenvalue weighted by atomic mass is 10.1. The van der Waals surface area contributed by atoms with E-state index < -0.39 is 6.10 Å². The van der Waals surface area contributed by atoms with Gasteiger partial charge in [0.1, 0.15) is 12.5 Å². The summed E-state index contributed by atoms with van der Waals surface area (Å²) in [4.78, 5) is 1.98. The molecule has 130 valence electrons. The first-order valence-electron chi connectivity index (χ1n) is 8.37. The smallest absolute Gasteiger partial charge is 0.141 e. The van der Waals surface area contributed by atoms with Gasteiger partial charge in [-0.3, -0.25) is 4.90 Å². The molecule has 0 aliphatic carbocycles. The van der Waals surface area contributed by atoms with E-state index in [0.29, 0.717) is 13.3 Å². The fraction of sp³-hybridized carbons (Fsp3) is 0.400. The predicted octanol–water partition coefficient (Wildman–Crippen LogP) is 2.84. The highest BCUT2D eigenvalue weighted by Crippen LogP contribution is 2.14. The Morgan fingerprint density at radius 1 is 1.04 bits per heavy atom. The third kappa shape index (κ3) is 6.32. The minimum absolute atomic E-state index is 0.289. The molecule has 0 bridgehead atoms. The van der Waals surface area contributed by atoms with Crippen molar-refractivity contribution in [3.63, 3.8) is 0 Å². The molecule has 2 aromatic carbocycles. The number of rotatable bonds is 9. The van der Waals surface area contributed by atoms with Crippen LogP contribution in [0.2, 0.25) is 0 Å². The number of hydrogen-bond acceptors (Lipinski definition) is 4. The fourth-order valence-corrected chi connectivity index (χ4v) is 2.46. The Bertz CT molecular complexity index is 584. The summed E-state index contributed by atoms with van der Waals surface area (Å²) in [5.74, 6) is 0.882. The highest BCUT2D eigenvalue weighted by Gasteiger charge is 2.09. The van der Waals surface area contributed by atoms with Crippen LogP contribution in [0.5, 0.6) is 5.75 Å². The lowest BCUT2D eigenvalue weighted by Gasteiger charge is -2.18. The van der Waals surface area contributed by atoms with Gasteiger partial charge in [-0.25, -0.2) is 0 Å². The van der Waals surface area contributed by atoms with E-state index in [1.807, 2.05) is 61.5 Å². The molecule has 0 aliphatic rings. The molecule has 24 heavy (non-hydrogen) atoms. The van der Waals surface area contributed by atoms with Crippen molar-refractivity contribution in [1.82, 2.24) is 10.2 Å². The molecule has 2 rings (SSSR count). The van der Waals surface area contributed by atoms with E-state index in [2.05, 4.69) is 24.4 Å². The highest BCUT2D eigenvalue weighted by atomic mass is 16.5. The molecular formula is C20H28N2O2. The molecule has 0 heterocycles. The topological polar surface area (TPSA) is 44.7 Å². The van der Waals surface area contributed by atoms with Crippen LogP contribution in [0.15, 0.2) is 54.6 Å². The first kappa shape index (κ1) is 18.5. The molecular weight excluding hydrogens is 300 g/mol. The van der Waals surface area contributed by atoms with Gasteiger partial charge in [-0.05, 0) is 50.7 Å². The lowest BCUT2D eigenvalue weighted by Crippen LogP contribution is -2.32. The number of nitrogens with one attached hydrogen (secondary N) is 1. The van der Waals surface area contributed by atoms with Gasteiger partial charge in [0.05, 0.1) is 6.10 Å². The van der Waals surface area contributed by atoms with Crippen LogP contribution in [-0.2, 0) is 6.42 Å². The van der Waals surface area contributed by atoms with Gasteiger partial charge in [0, 0.05) is 12.6 Å². The summed E-state index contributed by atoms with van der Waals surface area (Å²) in [6.45, 7) is 3.26. The highest BCUT2D eigenvalue weighted by molar-refractivity contribution is 5.27. The summed E-state index contributed by atoms with van der Waals surface area (Å²) in [5, 5.41) is 13.6. The molecule has 4 nitrogen and oxygen atoms in total. The zero-order valence-corrected chi connectivity index (χ0v) is 14.8. The van der Waals surface area contributed by atoms with Crippen LogP contribution in [0.25, 0.3) is 0 Å². The van der Waals surface area contributed by atoms with Gasteiger partial charge in [0.2, 0.25) is 0 Å². The zero-order valence-electron chi connectivity index (χ0n) is 14.8. The molecule has 0 amide bonds. The molecule has 0 unspecified atom stereocenters. The lowest BCUT2D eigenvalue weighted by molar-refractivity contribution is 0.170. The summed E-state index contributed by atoms with van der Waals surface area (Å²) in [6.07, 6.45) is 0.436. The average molecular weight is 328 g/mol. The largest absolute Gasteiger partial charge is 0.478 e. The SMILES string of the molecule is C[C@H](Cc1ccc(OCN(C)C)cc1)NC[C@H](O)c1ccccc1. The molecule has 0 spiro atoms. The fourth-order valence-electron chi connectivity index (χ4n) is 2.46. The molecule has 0 aromatic heterocycles. The maximum Gasteiger partial charge on any atom is 0.141 e. The summed E-state index contributed by atoms with van der Waals surface area (Å²) in [6, 6.07) is 18.2. The molecule has 0 radical (unpaired) electrons. The van der Waals surface area contributed by atoms with E-state index in [1.165, 1.54) is 5.56 Å². The molecule has 0 saturated carbocycles. The summed E-state index contributed by atoms with van der Waals surface area (Å²) in [5.41, 5.74) is 2.20. The van der Waals surface area contributed by atoms with Gasteiger partial charge in [-0.2, -0.15) is 0 Å². The Balaban J connectivity index is 1.76. The van der Waals surface area contributed by atoms with E-state index in [0.717, 1.165) is 17.7 Å². The van der Waals surface area contributed by atoms with Crippen LogP contribution in [0, 0.1) is 0 Å². The van der Waals surface area contributed by atoms with E-state index in [9.17, 15) is 5.11 Å². The van der Waals surface area contributed by atoms with Gasteiger partial charge < -0.3 is 15.2 Å². The van der Waals surface area contributed by atoms with Crippen LogP contribution in [-0.4, -0.2) is 43.4 Å².